The molecule has 0 bridgehead atoms. The Hall–Kier alpha value is -0.870. The Morgan fingerprint density at radius 2 is 2.21 bits per heavy atom. The van der Waals surface area contributed by atoms with E-state index in [0.29, 0.717) is 13.0 Å². The molecule has 0 radical (unpaired) electrons. The molecule has 4 heteroatoms. The number of hydrogen-bond acceptors (Lipinski definition) is 3. The molecule has 2 rings (SSSR count). The number of nitrogens with one attached hydrogen (secondary N) is 1. The molecule has 1 aromatic carbocycles. The van der Waals surface area contributed by atoms with Gasteiger partial charge in [0.05, 0.1) is 6.61 Å². The molecule has 0 aromatic heterocycles. The number of rotatable bonds is 4. The summed E-state index contributed by atoms with van der Waals surface area (Å²) in [6.07, 6.45) is 2.41. The minimum atomic E-state index is -0.550. The normalized spacial score (nSPS) is 21.8. The van der Waals surface area contributed by atoms with Crippen LogP contribution in [0, 0.1) is 0 Å². The SMILES string of the molecule is CCNC1(C(=O)OCC)CCc2cc(Br)ccc2C1. The number of ether oxygens (including phenoxy) is 1. The lowest BCUT2D eigenvalue weighted by Gasteiger charge is -2.36. The first-order valence-electron chi connectivity index (χ1n) is 6.81. The van der Waals surface area contributed by atoms with Gasteiger partial charge < -0.3 is 10.1 Å². The van der Waals surface area contributed by atoms with E-state index in [1.807, 2.05) is 19.9 Å². The lowest BCUT2D eigenvalue weighted by Crippen LogP contribution is -2.56. The van der Waals surface area contributed by atoms with Gasteiger partial charge in [0.2, 0.25) is 0 Å². The molecule has 0 aliphatic heterocycles. The number of hydrogen-bond donors (Lipinski definition) is 1. The summed E-state index contributed by atoms with van der Waals surface area (Å²) < 4.78 is 6.36. The number of carbonyl (C=O) groups is 1. The second-order valence-electron chi connectivity index (χ2n) is 4.92. The molecule has 0 saturated carbocycles. The fourth-order valence-corrected chi connectivity index (χ4v) is 3.17. The first-order chi connectivity index (χ1) is 9.11. The lowest BCUT2D eigenvalue weighted by molar-refractivity contribution is -0.151. The van der Waals surface area contributed by atoms with Crippen molar-refractivity contribution in [1.82, 2.24) is 5.32 Å². The third kappa shape index (κ3) is 3.00. The summed E-state index contributed by atoms with van der Waals surface area (Å²) >= 11 is 3.50. The zero-order chi connectivity index (χ0) is 13.9. The molecule has 1 unspecified atom stereocenters. The second kappa shape index (κ2) is 6.06. The highest BCUT2D eigenvalue weighted by Gasteiger charge is 2.41. The smallest absolute Gasteiger partial charge is 0.326 e. The van der Waals surface area contributed by atoms with Crippen LogP contribution in [0.4, 0.5) is 0 Å². The van der Waals surface area contributed by atoms with E-state index in [9.17, 15) is 4.79 Å². The number of carbonyl (C=O) groups excluding carboxylic acids is 1. The van der Waals surface area contributed by atoms with Crippen molar-refractivity contribution in [2.75, 3.05) is 13.2 Å². The van der Waals surface area contributed by atoms with Gasteiger partial charge in [-0.3, -0.25) is 4.79 Å². The minimum Gasteiger partial charge on any atom is -0.465 e. The highest BCUT2D eigenvalue weighted by Crippen LogP contribution is 2.31. The summed E-state index contributed by atoms with van der Waals surface area (Å²) in [5.74, 6) is -0.120. The van der Waals surface area contributed by atoms with E-state index in [1.165, 1.54) is 11.1 Å². The Balaban J connectivity index is 2.28. The minimum absolute atomic E-state index is 0.120. The zero-order valence-electron chi connectivity index (χ0n) is 11.5. The fourth-order valence-electron chi connectivity index (χ4n) is 2.77. The van der Waals surface area contributed by atoms with Crippen molar-refractivity contribution in [2.24, 2.45) is 0 Å². The topological polar surface area (TPSA) is 38.3 Å². The molecule has 3 nitrogen and oxygen atoms in total. The van der Waals surface area contributed by atoms with Gasteiger partial charge in [0.15, 0.2) is 0 Å². The van der Waals surface area contributed by atoms with Crippen molar-refractivity contribution in [3.05, 3.63) is 33.8 Å². The van der Waals surface area contributed by atoms with Gasteiger partial charge in [0.25, 0.3) is 0 Å². The van der Waals surface area contributed by atoms with Crippen LogP contribution in [0.15, 0.2) is 22.7 Å². The van der Waals surface area contributed by atoms with Crippen LogP contribution in [-0.2, 0) is 22.4 Å². The molecule has 104 valence electrons. The highest BCUT2D eigenvalue weighted by molar-refractivity contribution is 9.10. The molecule has 0 fully saturated rings. The number of benzene rings is 1. The van der Waals surface area contributed by atoms with Crippen LogP contribution in [0.3, 0.4) is 0 Å². The van der Waals surface area contributed by atoms with Gasteiger partial charge >= 0.3 is 5.97 Å². The van der Waals surface area contributed by atoms with E-state index in [2.05, 4.69) is 33.4 Å². The maximum absolute atomic E-state index is 12.3. The van der Waals surface area contributed by atoms with Gasteiger partial charge in [-0.25, -0.2) is 0 Å². The Labute approximate surface area is 122 Å². The summed E-state index contributed by atoms with van der Waals surface area (Å²) in [4.78, 5) is 12.3. The first-order valence-corrected chi connectivity index (χ1v) is 7.60. The molecular weight excluding hydrogens is 306 g/mol. The summed E-state index contributed by atoms with van der Waals surface area (Å²) in [5, 5.41) is 3.35. The Morgan fingerprint density at radius 1 is 1.42 bits per heavy atom. The molecule has 1 atom stereocenters. The maximum atomic E-state index is 12.3. The third-order valence-corrected chi connectivity index (χ3v) is 4.16. The molecule has 0 heterocycles. The van der Waals surface area contributed by atoms with Gasteiger partial charge in [0.1, 0.15) is 5.54 Å². The third-order valence-electron chi connectivity index (χ3n) is 3.66. The van der Waals surface area contributed by atoms with Crippen molar-refractivity contribution in [2.45, 2.75) is 38.6 Å². The van der Waals surface area contributed by atoms with Crippen molar-refractivity contribution in [3.63, 3.8) is 0 Å². The molecular formula is C15H20BrNO2. The van der Waals surface area contributed by atoms with Gasteiger partial charge in [0, 0.05) is 10.9 Å². The molecule has 0 saturated heterocycles. The van der Waals surface area contributed by atoms with Crippen LogP contribution < -0.4 is 5.32 Å². The molecule has 0 amide bonds. The monoisotopic (exact) mass is 325 g/mol. The van der Waals surface area contributed by atoms with Crippen LogP contribution in [0.25, 0.3) is 0 Å². The summed E-state index contributed by atoms with van der Waals surface area (Å²) in [5.41, 5.74) is 2.02. The van der Waals surface area contributed by atoms with Crippen molar-refractivity contribution in [3.8, 4) is 0 Å². The summed E-state index contributed by atoms with van der Waals surface area (Å²) in [6, 6.07) is 6.28. The van der Waals surface area contributed by atoms with E-state index in [1.54, 1.807) is 0 Å². The summed E-state index contributed by atoms with van der Waals surface area (Å²) in [7, 11) is 0. The Kier molecular flexibility index (Phi) is 4.63. The molecule has 1 aliphatic rings. The van der Waals surface area contributed by atoms with Crippen LogP contribution >= 0.6 is 15.9 Å². The van der Waals surface area contributed by atoms with Crippen molar-refractivity contribution >= 4 is 21.9 Å². The number of halogens is 1. The van der Waals surface area contributed by atoms with Crippen LogP contribution in [-0.4, -0.2) is 24.7 Å². The van der Waals surface area contributed by atoms with E-state index < -0.39 is 5.54 Å². The van der Waals surface area contributed by atoms with Crippen molar-refractivity contribution in [1.29, 1.82) is 0 Å². The van der Waals surface area contributed by atoms with Crippen LogP contribution in [0.1, 0.15) is 31.4 Å². The highest BCUT2D eigenvalue weighted by atomic mass is 79.9. The van der Waals surface area contributed by atoms with Crippen molar-refractivity contribution < 1.29 is 9.53 Å². The number of esters is 1. The van der Waals surface area contributed by atoms with Gasteiger partial charge in [-0.1, -0.05) is 28.9 Å². The first kappa shape index (κ1) is 14.5. The zero-order valence-corrected chi connectivity index (χ0v) is 13.0. The predicted molar refractivity (Wildman–Crippen MR) is 79.2 cm³/mol. The molecule has 1 N–H and O–H groups in total. The average molecular weight is 326 g/mol. The van der Waals surface area contributed by atoms with E-state index >= 15 is 0 Å². The van der Waals surface area contributed by atoms with E-state index in [-0.39, 0.29) is 5.97 Å². The van der Waals surface area contributed by atoms with Crippen LogP contribution in [0.5, 0.6) is 0 Å². The predicted octanol–water partition coefficient (Wildman–Crippen LogP) is 2.85. The summed E-state index contributed by atoms with van der Waals surface area (Å²) in [6.45, 7) is 5.08. The second-order valence-corrected chi connectivity index (χ2v) is 5.84. The number of fused-ring (bicyclic) bond motifs is 1. The van der Waals surface area contributed by atoms with Crippen LogP contribution in [0.2, 0.25) is 0 Å². The maximum Gasteiger partial charge on any atom is 0.326 e. The number of likely N-dealkylation sites (N-methyl/N-ethyl adjacent to an activating group) is 1. The molecule has 1 aliphatic carbocycles. The van der Waals surface area contributed by atoms with Gasteiger partial charge in [-0.15, -0.1) is 0 Å². The molecule has 0 spiro atoms. The Morgan fingerprint density at radius 3 is 2.89 bits per heavy atom. The lowest BCUT2D eigenvalue weighted by atomic mass is 9.78. The molecule has 1 aromatic rings. The van der Waals surface area contributed by atoms with E-state index in [4.69, 9.17) is 4.74 Å². The van der Waals surface area contributed by atoms with E-state index in [0.717, 1.165) is 23.9 Å². The standard InChI is InChI=1S/C15H20BrNO2/c1-3-17-15(14(18)19-4-2)8-7-11-9-13(16)6-5-12(11)10-15/h5-6,9,17H,3-4,7-8,10H2,1-2H3. The fraction of sp³-hybridized carbons (Fsp3) is 0.533. The quantitative estimate of drug-likeness (QED) is 0.865. The number of aryl methyl sites for hydroxylation is 1. The Bertz CT molecular complexity index is 475. The average Bonchev–Trinajstić information content (AvgIpc) is 2.39. The largest absolute Gasteiger partial charge is 0.465 e. The van der Waals surface area contributed by atoms with Gasteiger partial charge in [-0.05, 0) is 49.6 Å². The van der Waals surface area contributed by atoms with Gasteiger partial charge in [-0.2, -0.15) is 0 Å². The molecule has 19 heavy (non-hydrogen) atoms.